The highest BCUT2D eigenvalue weighted by atomic mass is 31.2. The Balaban J connectivity index is 1.23. The van der Waals surface area contributed by atoms with E-state index in [1.807, 2.05) is 6.08 Å². The summed E-state index contributed by atoms with van der Waals surface area (Å²) < 4.78 is 19.0. The van der Waals surface area contributed by atoms with Gasteiger partial charge in [-0.15, -0.1) is 0 Å². The maximum atomic E-state index is 16.5. The molecule has 4 aliphatic rings. The third-order valence-corrected chi connectivity index (χ3v) is 14.8. The molecule has 4 atom stereocenters. The molecule has 254 valence electrons. The van der Waals surface area contributed by atoms with Crippen molar-refractivity contribution >= 4 is 39.9 Å². The second kappa shape index (κ2) is 13.0. The molecule has 0 spiro atoms. The van der Waals surface area contributed by atoms with E-state index in [1.165, 1.54) is 27.8 Å². The van der Waals surface area contributed by atoms with E-state index < -0.39 is 7.14 Å². The Morgan fingerprint density at radius 2 is 1.40 bits per heavy atom. The van der Waals surface area contributed by atoms with Gasteiger partial charge in [0, 0.05) is 50.0 Å². The van der Waals surface area contributed by atoms with E-state index in [1.54, 1.807) is 0 Å². The molecule has 0 bridgehead atoms. The third kappa shape index (κ3) is 5.22. The molecule has 3 heteroatoms. The van der Waals surface area contributed by atoms with Crippen molar-refractivity contribution in [3.05, 3.63) is 192 Å². The molecular weight excluding hydrogens is 662 g/mol. The smallest absolute Gasteiger partial charge is 0.169 e. The third-order valence-electron chi connectivity index (χ3n) is 11.5. The summed E-state index contributed by atoms with van der Waals surface area (Å²) in [5.74, 6) is 7.51. The first-order valence-electron chi connectivity index (χ1n) is 18.7. The molecule has 53 heavy (non-hydrogen) atoms. The highest BCUT2D eigenvalue weighted by molar-refractivity contribution is 7.83. The Kier molecular flexibility index (Phi) is 7.79. The van der Waals surface area contributed by atoms with Crippen LogP contribution in [0.25, 0.3) is 44.6 Å². The Bertz CT molecular complexity index is 2690. The van der Waals surface area contributed by atoms with Gasteiger partial charge in [0.2, 0.25) is 0 Å². The van der Waals surface area contributed by atoms with Crippen LogP contribution >= 0.6 is 7.14 Å². The summed E-state index contributed by atoms with van der Waals surface area (Å²) in [5, 5.41) is 3.94. The van der Waals surface area contributed by atoms with Gasteiger partial charge < -0.3 is 9.13 Å². The summed E-state index contributed by atoms with van der Waals surface area (Å²) in [4.78, 5) is 0. The zero-order valence-corrected chi connectivity index (χ0v) is 30.3. The van der Waals surface area contributed by atoms with Crippen LogP contribution in [0, 0.1) is 23.7 Å². The van der Waals surface area contributed by atoms with Gasteiger partial charge in [-0.3, -0.25) is 0 Å². The standard InChI is InChI=1S/C50H38NOP/c52-53(42-24-16-23-38(34-42)35-17-4-1-5-18-35)47-29-14-11-26-44(47)49-43-25-10-13-28-46(43)51(50(49)45-27-12-15-30-48(45)53)41-32-39(36-19-6-2-7-20-36)31-40(33-41)37-21-8-3-9-22-37/h1-15,17,19-22,24-32,35,38,40H,18,33-34H2. The summed E-state index contributed by atoms with van der Waals surface area (Å²) in [6.07, 6.45) is 18.0. The predicted octanol–water partition coefficient (Wildman–Crippen LogP) is 11.8. The van der Waals surface area contributed by atoms with Crippen molar-refractivity contribution in [1.29, 1.82) is 0 Å². The van der Waals surface area contributed by atoms with E-state index >= 15 is 4.57 Å². The van der Waals surface area contributed by atoms with Crippen molar-refractivity contribution in [3.8, 4) is 34.2 Å². The van der Waals surface area contributed by atoms with Crippen molar-refractivity contribution in [3.63, 3.8) is 0 Å². The molecule has 6 aromatic rings. The van der Waals surface area contributed by atoms with Crippen molar-refractivity contribution in [2.45, 2.75) is 25.2 Å². The second-order valence-corrected chi connectivity index (χ2v) is 17.3. The average molecular weight is 700 g/mol. The van der Waals surface area contributed by atoms with Gasteiger partial charge in [-0.2, -0.15) is 0 Å². The molecule has 0 amide bonds. The normalized spacial score (nSPS) is 22.6. The lowest BCUT2D eigenvalue weighted by Crippen LogP contribution is -2.23. The Hall–Kier alpha value is -5.87. The first-order chi connectivity index (χ1) is 26.2. The van der Waals surface area contributed by atoms with E-state index in [-0.39, 0.29) is 11.8 Å². The number of para-hydroxylation sites is 1. The van der Waals surface area contributed by atoms with Gasteiger partial charge in [-0.25, -0.2) is 0 Å². The SMILES string of the molecule is O=P1(C2=CC#CC(C3C=CC=CC3)C2)c2ccccc2-c2c(n(C3=CC(c4ccccc4)=CC(c4ccccc4)C3)c3ccccc23)-c2ccccc21. The molecule has 3 aliphatic carbocycles. The fourth-order valence-electron chi connectivity index (χ4n) is 9.02. The molecule has 2 heterocycles. The molecular formula is C50H38NOP. The van der Waals surface area contributed by atoms with E-state index in [0.29, 0.717) is 12.3 Å². The predicted molar refractivity (Wildman–Crippen MR) is 223 cm³/mol. The van der Waals surface area contributed by atoms with Gasteiger partial charge >= 0.3 is 0 Å². The topological polar surface area (TPSA) is 22.0 Å². The summed E-state index contributed by atoms with van der Waals surface area (Å²) in [6.45, 7) is 0. The van der Waals surface area contributed by atoms with Gasteiger partial charge in [0.1, 0.15) is 0 Å². The Morgan fingerprint density at radius 3 is 2.19 bits per heavy atom. The van der Waals surface area contributed by atoms with Crippen LogP contribution in [0.5, 0.6) is 0 Å². The van der Waals surface area contributed by atoms with E-state index in [2.05, 4.69) is 186 Å². The largest absolute Gasteiger partial charge is 0.312 e. The molecule has 1 aliphatic heterocycles. The Morgan fingerprint density at radius 1 is 0.698 bits per heavy atom. The summed E-state index contributed by atoms with van der Waals surface area (Å²) >= 11 is 0. The molecule has 0 saturated heterocycles. The van der Waals surface area contributed by atoms with Crippen LogP contribution in [0.3, 0.4) is 0 Å². The number of benzene rings is 5. The summed E-state index contributed by atoms with van der Waals surface area (Å²) in [5.41, 5.74) is 10.4. The van der Waals surface area contributed by atoms with Crippen LogP contribution in [0.2, 0.25) is 0 Å². The zero-order chi connectivity index (χ0) is 35.4. The minimum atomic E-state index is -3.34. The number of allylic oxidation sites excluding steroid dienone is 10. The average Bonchev–Trinajstić information content (AvgIpc) is 3.55. The van der Waals surface area contributed by atoms with Crippen LogP contribution in [0.1, 0.15) is 36.3 Å². The van der Waals surface area contributed by atoms with E-state index in [4.69, 9.17) is 0 Å². The zero-order valence-electron chi connectivity index (χ0n) is 29.4. The lowest BCUT2D eigenvalue weighted by Gasteiger charge is -2.29. The van der Waals surface area contributed by atoms with Crippen molar-refractivity contribution < 1.29 is 4.57 Å². The molecule has 0 radical (unpaired) electrons. The van der Waals surface area contributed by atoms with Crippen LogP contribution < -0.4 is 10.6 Å². The molecule has 5 aromatic carbocycles. The lowest BCUT2D eigenvalue weighted by molar-refractivity contribution is 0.489. The van der Waals surface area contributed by atoms with Crippen LogP contribution in [-0.2, 0) is 4.57 Å². The molecule has 2 nitrogen and oxygen atoms in total. The Labute approximate surface area is 311 Å². The second-order valence-electron chi connectivity index (χ2n) is 14.5. The highest BCUT2D eigenvalue weighted by Gasteiger charge is 2.42. The fraction of sp³-hybridized carbons (Fsp3) is 0.120. The van der Waals surface area contributed by atoms with E-state index in [0.717, 1.165) is 56.7 Å². The molecule has 0 N–H and O–H groups in total. The first-order valence-corrected chi connectivity index (χ1v) is 20.4. The number of hydrogen-bond donors (Lipinski definition) is 0. The monoisotopic (exact) mass is 699 g/mol. The maximum absolute atomic E-state index is 16.5. The minimum absolute atomic E-state index is 0.118. The van der Waals surface area contributed by atoms with E-state index in [9.17, 15) is 0 Å². The molecule has 10 rings (SSSR count). The summed E-state index contributed by atoms with van der Waals surface area (Å²) in [7, 11) is -3.34. The van der Waals surface area contributed by atoms with Crippen LogP contribution in [0.4, 0.5) is 0 Å². The van der Waals surface area contributed by atoms with Gasteiger partial charge in [-0.05, 0) is 65.7 Å². The van der Waals surface area contributed by atoms with Crippen molar-refractivity contribution in [2.75, 3.05) is 0 Å². The quantitative estimate of drug-likeness (QED) is 0.130. The maximum Gasteiger partial charge on any atom is 0.169 e. The molecule has 0 fully saturated rings. The first kappa shape index (κ1) is 31.8. The summed E-state index contributed by atoms with van der Waals surface area (Å²) in [6, 6.07) is 47.4. The van der Waals surface area contributed by atoms with Gasteiger partial charge in [0.05, 0.1) is 11.2 Å². The van der Waals surface area contributed by atoms with Gasteiger partial charge in [-0.1, -0.05) is 170 Å². The molecule has 1 aromatic heterocycles. The minimum Gasteiger partial charge on any atom is -0.312 e. The lowest BCUT2D eigenvalue weighted by atomic mass is 9.84. The van der Waals surface area contributed by atoms with Crippen molar-refractivity contribution in [1.82, 2.24) is 4.57 Å². The van der Waals surface area contributed by atoms with Crippen molar-refractivity contribution in [2.24, 2.45) is 11.8 Å². The highest BCUT2D eigenvalue weighted by Crippen LogP contribution is 2.61. The number of nitrogens with zero attached hydrogens (tertiary/aromatic N) is 1. The van der Waals surface area contributed by atoms with Crippen LogP contribution in [-0.4, -0.2) is 4.57 Å². The van der Waals surface area contributed by atoms with Gasteiger partial charge in [0.25, 0.3) is 0 Å². The molecule has 4 unspecified atom stereocenters. The number of aromatic nitrogens is 1. The van der Waals surface area contributed by atoms with Gasteiger partial charge in [0.15, 0.2) is 7.14 Å². The fourth-order valence-corrected chi connectivity index (χ4v) is 12.2. The van der Waals surface area contributed by atoms with Crippen LogP contribution in [0.15, 0.2) is 181 Å². The number of rotatable bonds is 5. The number of hydrogen-bond acceptors (Lipinski definition) is 1. The number of fused-ring (bicyclic) bond motifs is 7. The molecule has 0 saturated carbocycles.